The van der Waals surface area contributed by atoms with Gasteiger partial charge in [0.1, 0.15) is 15.7 Å². The topological polar surface area (TPSA) is 102 Å². The summed E-state index contributed by atoms with van der Waals surface area (Å²) in [6.07, 6.45) is 3.46. The van der Waals surface area contributed by atoms with Crippen molar-refractivity contribution in [1.29, 1.82) is 0 Å². The fraction of sp³-hybridized carbons (Fsp3) is 0.571. The summed E-state index contributed by atoms with van der Waals surface area (Å²) in [6.45, 7) is 2.80. The van der Waals surface area contributed by atoms with Gasteiger partial charge >= 0.3 is 0 Å². The number of rotatable bonds is 7. The van der Waals surface area contributed by atoms with Gasteiger partial charge in [-0.1, -0.05) is 18.0 Å². The number of piperidine rings is 1. The van der Waals surface area contributed by atoms with Crippen LogP contribution in [0.3, 0.4) is 0 Å². The van der Waals surface area contributed by atoms with E-state index in [4.69, 9.17) is 16.3 Å². The maximum atomic E-state index is 12.4. The number of nitro groups is 1. The van der Waals surface area contributed by atoms with Crippen molar-refractivity contribution in [1.82, 2.24) is 9.62 Å². The summed E-state index contributed by atoms with van der Waals surface area (Å²) in [6, 6.07) is 2.06. The van der Waals surface area contributed by atoms with Gasteiger partial charge in [0.05, 0.1) is 18.1 Å². The molecule has 1 aromatic carbocycles. The minimum Gasteiger partial charge on any atom is -0.495 e. The van der Waals surface area contributed by atoms with Crippen LogP contribution in [0.15, 0.2) is 17.0 Å². The van der Waals surface area contributed by atoms with Crippen molar-refractivity contribution in [2.75, 3.05) is 33.3 Å². The molecular formula is C14H20ClN3O5S. The first-order valence-electron chi connectivity index (χ1n) is 7.59. The van der Waals surface area contributed by atoms with Gasteiger partial charge in [0.2, 0.25) is 10.0 Å². The molecule has 1 saturated heterocycles. The van der Waals surface area contributed by atoms with Crippen molar-refractivity contribution < 1.29 is 18.1 Å². The lowest BCUT2D eigenvalue weighted by atomic mass is 10.1. The molecule has 0 spiro atoms. The molecule has 1 aliphatic heterocycles. The molecule has 10 heteroatoms. The summed E-state index contributed by atoms with van der Waals surface area (Å²) < 4.78 is 32.4. The minimum atomic E-state index is -3.88. The predicted octanol–water partition coefficient (Wildman–Crippen LogP) is 2.02. The third kappa shape index (κ3) is 4.56. The van der Waals surface area contributed by atoms with Crippen LogP contribution in [-0.2, 0) is 10.0 Å². The molecule has 0 bridgehead atoms. The Kier molecular flexibility index (Phi) is 6.39. The summed E-state index contributed by atoms with van der Waals surface area (Å²) in [7, 11) is -2.63. The van der Waals surface area contributed by atoms with Crippen LogP contribution in [-0.4, -0.2) is 51.5 Å². The van der Waals surface area contributed by atoms with Gasteiger partial charge in [-0.15, -0.1) is 0 Å². The molecule has 1 fully saturated rings. The van der Waals surface area contributed by atoms with Crippen LogP contribution in [0.1, 0.15) is 19.3 Å². The van der Waals surface area contributed by atoms with E-state index in [0.717, 1.165) is 38.1 Å². The molecule has 0 unspecified atom stereocenters. The van der Waals surface area contributed by atoms with Gasteiger partial charge < -0.3 is 9.64 Å². The molecule has 1 N–H and O–H groups in total. The van der Waals surface area contributed by atoms with Crippen LogP contribution in [0.25, 0.3) is 0 Å². The van der Waals surface area contributed by atoms with Gasteiger partial charge in [0.25, 0.3) is 5.69 Å². The number of sulfonamides is 1. The van der Waals surface area contributed by atoms with Crippen molar-refractivity contribution >= 4 is 27.3 Å². The van der Waals surface area contributed by atoms with Crippen molar-refractivity contribution in [3.05, 3.63) is 27.3 Å². The molecule has 1 aromatic rings. The number of hydrogen-bond donors (Lipinski definition) is 1. The van der Waals surface area contributed by atoms with Crippen LogP contribution >= 0.6 is 11.6 Å². The molecule has 0 radical (unpaired) electrons. The van der Waals surface area contributed by atoms with E-state index in [9.17, 15) is 18.5 Å². The SMILES string of the molecule is COc1cc([N+](=O)[O-])c(Cl)cc1S(=O)(=O)NCCN1CCCCC1. The number of methoxy groups -OCH3 is 1. The van der Waals surface area contributed by atoms with E-state index >= 15 is 0 Å². The van der Waals surface area contributed by atoms with Gasteiger partial charge in [-0.2, -0.15) is 0 Å². The van der Waals surface area contributed by atoms with Crippen LogP contribution in [0, 0.1) is 10.1 Å². The smallest absolute Gasteiger partial charge is 0.291 e. The molecular weight excluding hydrogens is 358 g/mol. The number of hydrogen-bond acceptors (Lipinski definition) is 6. The third-order valence-corrected chi connectivity index (χ3v) is 5.67. The van der Waals surface area contributed by atoms with E-state index in [1.165, 1.54) is 13.5 Å². The minimum absolute atomic E-state index is 0.114. The quantitative estimate of drug-likeness (QED) is 0.576. The van der Waals surface area contributed by atoms with Crippen molar-refractivity contribution in [3.8, 4) is 5.75 Å². The molecule has 0 amide bonds. The lowest BCUT2D eigenvalue weighted by molar-refractivity contribution is -0.384. The Morgan fingerprint density at radius 2 is 2.00 bits per heavy atom. The zero-order chi connectivity index (χ0) is 17.7. The lowest BCUT2D eigenvalue weighted by Crippen LogP contribution is -2.37. The highest BCUT2D eigenvalue weighted by Gasteiger charge is 2.25. The molecule has 0 aliphatic carbocycles. The Morgan fingerprint density at radius 3 is 2.58 bits per heavy atom. The molecule has 8 nitrogen and oxygen atoms in total. The predicted molar refractivity (Wildman–Crippen MR) is 90.1 cm³/mol. The second-order valence-electron chi connectivity index (χ2n) is 5.51. The van der Waals surface area contributed by atoms with E-state index in [1.807, 2.05) is 0 Å². The van der Waals surface area contributed by atoms with Gasteiger partial charge in [-0.05, 0) is 32.0 Å². The van der Waals surface area contributed by atoms with Crippen LogP contribution in [0.4, 0.5) is 5.69 Å². The van der Waals surface area contributed by atoms with Crippen molar-refractivity contribution in [2.45, 2.75) is 24.2 Å². The number of ether oxygens (including phenoxy) is 1. The lowest BCUT2D eigenvalue weighted by Gasteiger charge is -2.26. The molecule has 0 aromatic heterocycles. The Hall–Kier alpha value is -1.42. The van der Waals surface area contributed by atoms with E-state index in [1.54, 1.807) is 0 Å². The molecule has 1 heterocycles. The third-order valence-electron chi connectivity index (χ3n) is 3.89. The number of nitrogens with zero attached hydrogens (tertiary/aromatic N) is 2. The number of benzene rings is 1. The average Bonchev–Trinajstić information content (AvgIpc) is 2.55. The molecule has 0 saturated carbocycles. The number of nitrogens with one attached hydrogen (secondary N) is 1. The van der Waals surface area contributed by atoms with Crippen molar-refractivity contribution in [2.24, 2.45) is 0 Å². The zero-order valence-electron chi connectivity index (χ0n) is 13.3. The number of nitro benzene ring substituents is 1. The van der Waals surface area contributed by atoms with Crippen LogP contribution in [0.2, 0.25) is 5.02 Å². The molecule has 1 aliphatic rings. The Balaban J connectivity index is 2.12. The second kappa shape index (κ2) is 8.11. The van der Waals surface area contributed by atoms with Gasteiger partial charge in [-0.3, -0.25) is 10.1 Å². The fourth-order valence-corrected chi connectivity index (χ4v) is 4.13. The van der Waals surface area contributed by atoms with E-state index < -0.39 is 20.6 Å². The number of likely N-dealkylation sites (tertiary alicyclic amines) is 1. The molecule has 134 valence electrons. The summed E-state index contributed by atoms with van der Waals surface area (Å²) in [5, 5.41) is 10.6. The summed E-state index contributed by atoms with van der Waals surface area (Å²) in [4.78, 5) is 12.2. The average molecular weight is 378 g/mol. The fourth-order valence-electron chi connectivity index (χ4n) is 2.63. The molecule has 0 atom stereocenters. The first kappa shape index (κ1) is 18.9. The highest BCUT2D eigenvalue weighted by atomic mass is 35.5. The largest absolute Gasteiger partial charge is 0.495 e. The summed E-state index contributed by atoms with van der Waals surface area (Å²) in [5.41, 5.74) is -0.402. The molecule has 24 heavy (non-hydrogen) atoms. The van der Waals surface area contributed by atoms with Crippen molar-refractivity contribution in [3.63, 3.8) is 0 Å². The van der Waals surface area contributed by atoms with Crippen LogP contribution in [0.5, 0.6) is 5.75 Å². The van der Waals surface area contributed by atoms with Gasteiger partial charge in [0, 0.05) is 13.1 Å². The van der Waals surface area contributed by atoms with Gasteiger partial charge in [-0.25, -0.2) is 13.1 Å². The zero-order valence-corrected chi connectivity index (χ0v) is 14.9. The van der Waals surface area contributed by atoms with Crippen LogP contribution < -0.4 is 9.46 Å². The Labute approximate surface area is 145 Å². The highest BCUT2D eigenvalue weighted by molar-refractivity contribution is 7.89. The standard InChI is InChI=1S/C14H20ClN3O5S/c1-23-13-10-12(18(19)20)11(15)9-14(13)24(21,22)16-5-8-17-6-3-2-4-7-17/h9-10,16H,2-8H2,1H3. The second-order valence-corrected chi connectivity index (χ2v) is 7.65. The van der Waals surface area contributed by atoms with E-state index in [2.05, 4.69) is 9.62 Å². The number of halogens is 1. The first-order valence-corrected chi connectivity index (χ1v) is 9.45. The normalized spacial score (nSPS) is 16.1. The summed E-state index contributed by atoms with van der Waals surface area (Å²) >= 11 is 5.82. The Bertz CT molecular complexity index is 705. The van der Waals surface area contributed by atoms with E-state index in [-0.39, 0.29) is 22.2 Å². The maximum Gasteiger partial charge on any atom is 0.291 e. The Morgan fingerprint density at radius 1 is 1.33 bits per heavy atom. The molecule has 2 rings (SSSR count). The summed E-state index contributed by atoms with van der Waals surface area (Å²) in [5.74, 6) is -0.114. The van der Waals surface area contributed by atoms with Gasteiger partial charge in [0.15, 0.2) is 0 Å². The highest BCUT2D eigenvalue weighted by Crippen LogP contribution is 2.34. The monoisotopic (exact) mass is 377 g/mol. The maximum absolute atomic E-state index is 12.4. The first-order chi connectivity index (χ1) is 11.3. The van der Waals surface area contributed by atoms with E-state index in [0.29, 0.717) is 6.54 Å².